The van der Waals surface area contributed by atoms with Crippen LogP contribution in [0.2, 0.25) is 0 Å². The van der Waals surface area contributed by atoms with Crippen molar-refractivity contribution in [1.82, 2.24) is 9.21 Å². The van der Waals surface area contributed by atoms with Gasteiger partial charge in [-0.2, -0.15) is 0 Å². The van der Waals surface area contributed by atoms with E-state index < -0.39 is 0 Å². The third-order valence-corrected chi connectivity index (χ3v) is 7.33. The monoisotopic (exact) mass is 418 g/mol. The Bertz CT molecular complexity index is 928. The molecule has 2 aromatic rings. The molecule has 0 radical (unpaired) electrons. The SMILES string of the molecule is C1=CC2=C(CC1)CCN(Cc1ccc(-c3cccc(SN4CCOCC4)c3)cc1)C2. The van der Waals surface area contributed by atoms with Gasteiger partial charge in [0.2, 0.25) is 0 Å². The lowest BCUT2D eigenvalue weighted by Crippen LogP contribution is -2.31. The minimum Gasteiger partial charge on any atom is -0.379 e. The summed E-state index contributed by atoms with van der Waals surface area (Å²) in [4.78, 5) is 3.89. The second-order valence-corrected chi connectivity index (χ2v) is 9.56. The quantitative estimate of drug-likeness (QED) is 0.592. The first-order valence-electron chi connectivity index (χ1n) is 11.1. The third-order valence-electron chi connectivity index (χ3n) is 6.24. The molecule has 0 N–H and O–H groups in total. The third kappa shape index (κ3) is 4.89. The van der Waals surface area contributed by atoms with Gasteiger partial charge in [-0.3, -0.25) is 4.90 Å². The summed E-state index contributed by atoms with van der Waals surface area (Å²) in [6, 6.07) is 18.1. The number of hydrogen-bond donors (Lipinski definition) is 0. The zero-order valence-electron chi connectivity index (χ0n) is 17.6. The Morgan fingerprint density at radius 2 is 1.77 bits per heavy atom. The van der Waals surface area contributed by atoms with Gasteiger partial charge in [0.05, 0.1) is 13.2 Å². The van der Waals surface area contributed by atoms with Gasteiger partial charge < -0.3 is 4.74 Å². The Morgan fingerprint density at radius 1 is 0.900 bits per heavy atom. The van der Waals surface area contributed by atoms with Crippen LogP contribution in [0.3, 0.4) is 0 Å². The van der Waals surface area contributed by atoms with Gasteiger partial charge >= 0.3 is 0 Å². The molecule has 0 amide bonds. The van der Waals surface area contributed by atoms with Crippen molar-refractivity contribution in [3.63, 3.8) is 0 Å². The van der Waals surface area contributed by atoms with E-state index in [2.05, 4.69) is 69.9 Å². The Hall–Kier alpha value is -1.85. The summed E-state index contributed by atoms with van der Waals surface area (Å²) in [5.74, 6) is 0. The van der Waals surface area contributed by atoms with E-state index in [-0.39, 0.29) is 0 Å². The fraction of sp³-hybridized carbons (Fsp3) is 0.385. The highest BCUT2D eigenvalue weighted by atomic mass is 32.2. The van der Waals surface area contributed by atoms with Crippen molar-refractivity contribution < 1.29 is 4.74 Å². The van der Waals surface area contributed by atoms with Gasteiger partial charge in [0.25, 0.3) is 0 Å². The average Bonchev–Trinajstić information content (AvgIpc) is 2.80. The van der Waals surface area contributed by atoms with Crippen LogP contribution in [0, 0.1) is 0 Å². The maximum Gasteiger partial charge on any atom is 0.0603 e. The molecule has 0 spiro atoms. The van der Waals surface area contributed by atoms with Crippen LogP contribution in [-0.2, 0) is 11.3 Å². The number of hydrogen-bond acceptors (Lipinski definition) is 4. The maximum atomic E-state index is 5.46. The second-order valence-electron chi connectivity index (χ2n) is 8.39. The summed E-state index contributed by atoms with van der Waals surface area (Å²) < 4.78 is 7.85. The molecule has 5 rings (SSSR count). The summed E-state index contributed by atoms with van der Waals surface area (Å²) in [6.45, 7) is 6.99. The van der Waals surface area contributed by atoms with Crippen LogP contribution < -0.4 is 0 Å². The van der Waals surface area contributed by atoms with Gasteiger partial charge in [-0.25, -0.2) is 4.31 Å². The Labute approximate surface area is 184 Å². The van der Waals surface area contributed by atoms with Gasteiger partial charge in [-0.1, -0.05) is 54.1 Å². The van der Waals surface area contributed by atoms with Crippen LogP contribution >= 0.6 is 11.9 Å². The van der Waals surface area contributed by atoms with Gasteiger partial charge in [0, 0.05) is 37.6 Å². The van der Waals surface area contributed by atoms with E-state index in [4.69, 9.17) is 4.74 Å². The number of benzene rings is 2. The predicted octanol–water partition coefficient (Wildman–Crippen LogP) is 5.55. The molecule has 0 aromatic heterocycles. The first-order valence-corrected chi connectivity index (χ1v) is 11.9. The zero-order chi connectivity index (χ0) is 20.2. The van der Waals surface area contributed by atoms with Gasteiger partial charge in [-0.05, 0) is 65.6 Å². The summed E-state index contributed by atoms with van der Waals surface area (Å²) in [7, 11) is 0. The van der Waals surface area contributed by atoms with Crippen molar-refractivity contribution in [2.45, 2.75) is 30.7 Å². The molecule has 3 nitrogen and oxygen atoms in total. The van der Waals surface area contributed by atoms with Gasteiger partial charge in [0.15, 0.2) is 0 Å². The summed E-state index contributed by atoms with van der Waals surface area (Å²) in [5, 5.41) is 0. The van der Waals surface area contributed by atoms with Crippen molar-refractivity contribution in [2.24, 2.45) is 0 Å². The molecule has 0 unspecified atom stereocenters. The molecule has 156 valence electrons. The molecular formula is C26H30N2OS. The van der Waals surface area contributed by atoms with Crippen molar-refractivity contribution in [3.05, 3.63) is 77.4 Å². The maximum absolute atomic E-state index is 5.46. The highest BCUT2D eigenvalue weighted by molar-refractivity contribution is 7.97. The average molecular weight is 419 g/mol. The molecule has 3 aliphatic rings. The van der Waals surface area contributed by atoms with Crippen molar-refractivity contribution in [1.29, 1.82) is 0 Å². The number of rotatable bonds is 5. The van der Waals surface area contributed by atoms with E-state index >= 15 is 0 Å². The van der Waals surface area contributed by atoms with Crippen LogP contribution in [0.4, 0.5) is 0 Å². The van der Waals surface area contributed by atoms with Gasteiger partial charge in [0.1, 0.15) is 0 Å². The molecule has 1 fully saturated rings. The van der Waals surface area contributed by atoms with Gasteiger partial charge in [-0.15, -0.1) is 0 Å². The topological polar surface area (TPSA) is 15.7 Å². The molecule has 4 heteroatoms. The lowest BCUT2D eigenvalue weighted by molar-refractivity contribution is 0.0773. The molecule has 2 heterocycles. The van der Waals surface area contributed by atoms with Crippen LogP contribution in [0.1, 0.15) is 24.8 Å². The van der Waals surface area contributed by atoms with Crippen molar-refractivity contribution in [2.75, 3.05) is 39.4 Å². The Kier molecular flexibility index (Phi) is 6.37. The number of morpholine rings is 1. The largest absolute Gasteiger partial charge is 0.379 e. The molecule has 2 aliphatic heterocycles. The molecule has 0 atom stereocenters. The standard InChI is InChI=1S/C26H30N2OS/c1-2-5-25-20-27(13-12-22(25)4-1)19-21-8-10-23(11-9-21)24-6-3-7-26(18-24)30-28-14-16-29-17-15-28/h2-3,5-11,18H,1,4,12-17,19-20H2. The number of ether oxygens (including phenoxy) is 1. The summed E-state index contributed by atoms with van der Waals surface area (Å²) in [6.07, 6.45) is 8.44. The molecule has 2 aromatic carbocycles. The Balaban J connectivity index is 1.22. The summed E-state index contributed by atoms with van der Waals surface area (Å²) in [5.41, 5.74) is 7.25. The van der Waals surface area contributed by atoms with Crippen LogP contribution in [0.15, 0.2) is 76.7 Å². The lowest BCUT2D eigenvalue weighted by atomic mass is 9.91. The smallest absolute Gasteiger partial charge is 0.0603 e. The van der Waals surface area contributed by atoms with Crippen LogP contribution in [0.25, 0.3) is 11.1 Å². The van der Waals surface area contributed by atoms with E-state index in [0.717, 1.165) is 39.4 Å². The van der Waals surface area contributed by atoms with Crippen molar-refractivity contribution >= 4 is 11.9 Å². The normalized spacial score (nSPS) is 20.4. The second kappa shape index (κ2) is 9.52. The van der Waals surface area contributed by atoms with E-state index in [1.165, 1.54) is 47.4 Å². The first-order chi connectivity index (χ1) is 14.8. The molecule has 30 heavy (non-hydrogen) atoms. The summed E-state index contributed by atoms with van der Waals surface area (Å²) >= 11 is 1.85. The molecule has 0 saturated carbocycles. The highest BCUT2D eigenvalue weighted by Gasteiger charge is 2.19. The highest BCUT2D eigenvalue weighted by Crippen LogP contribution is 2.30. The minimum absolute atomic E-state index is 0.833. The number of allylic oxidation sites excluding steroid dienone is 1. The first kappa shape index (κ1) is 20.1. The molecule has 1 saturated heterocycles. The Morgan fingerprint density at radius 3 is 2.63 bits per heavy atom. The lowest BCUT2D eigenvalue weighted by Gasteiger charge is -2.31. The molecular weight excluding hydrogens is 388 g/mol. The number of nitrogens with zero attached hydrogens (tertiary/aromatic N) is 2. The molecule has 0 bridgehead atoms. The van der Waals surface area contributed by atoms with E-state index in [1.54, 1.807) is 11.1 Å². The van der Waals surface area contributed by atoms with Crippen LogP contribution in [0.5, 0.6) is 0 Å². The minimum atomic E-state index is 0.833. The fourth-order valence-corrected chi connectivity index (χ4v) is 5.49. The van der Waals surface area contributed by atoms with E-state index in [1.807, 2.05) is 11.9 Å². The van der Waals surface area contributed by atoms with E-state index in [0.29, 0.717) is 0 Å². The molecule has 1 aliphatic carbocycles. The van der Waals surface area contributed by atoms with E-state index in [9.17, 15) is 0 Å². The van der Waals surface area contributed by atoms with Crippen LogP contribution in [-0.4, -0.2) is 48.6 Å². The predicted molar refractivity (Wildman–Crippen MR) is 125 cm³/mol. The van der Waals surface area contributed by atoms with Crippen molar-refractivity contribution in [3.8, 4) is 11.1 Å². The zero-order valence-corrected chi connectivity index (χ0v) is 18.4. The fourth-order valence-electron chi connectivity index (χ4n) is 4.54.